The predicted octanol–water partition coefficient (Wildman–Crippen LogP) is 10.6. The van der Waals surface area contributed by atoms with E-state index in [0.717, 1.165) is 44.9 Å². The third-order valence-corrected chi connectivity index (χ3v) is 12.0. The standard InChI is InChI=1S/C38H62O4/c1-4-5-6-7-8-9-10-11-12-13-14-15-16-17-18-32(37(40)41)35-21-22-36-34-25-28(27-42-3)33-26-29(39)19-20-30(33)31(34)23-24-38(35,36)2/h19-20,26,28,31-32,34-36,39H,4-18,21-25,27H2,1-3H3,(H,40,41)/t28-,31+,32?,34-,35?,36-,38+/m0/s1. The van der Waals surface area contributed by atoms with Gasteiger partial charge < -0.3 is 14.9 Å². The van der Waals surface area contributed by atoms with Crippen LogP contribution in [0.4, 0.5) is 0 Å². The summed E-state index contributed by atoms with van der Waals surface area (Å²) >= 11 is 0. The Morgan fingerprint density at radius 2 is 1.52 bits per heavy atom. The lowest BCUT2D eigenvalue weighted by atomic mass is 9.52. The number of aromatic hydroxyl groups is 1. The van der Waals surface area contributed by atoms with Gasteiger partial charge in [-0.2, -0.15) is 0 Å². The lowest BCUT2D eigenvalue weighted by Gasteiger charge is -2.53. The number of methoxy groups -OCH3 is 1. The Bertz CT molecular complexity index is 958. The number of hydrogen-bond acceptors (Lipinski definition) is 3. The molecule has 4 rings (SSSR count). The van der Waals surface area contributed by atoms with Gasteiger partial charge in [0.25, 0.3) is 0 Å². The van der Waals surface area contributed by atoms with Gasteiger partial charge in [-0.1, -0.05) is 110 Å². The second kappa shape index (κ2) is 16.5. The van der Waals surface area contributed by atoms with Crippen LogP contribution in [0.1, 0.15) is 165 Å². The van der Waals surface area contributed by atoms with Crippen molar-refractivity contribution in [2.24, 2.45) is 29.1 Å². The summed E-state index contributed by atoms with van der Waals surface area (Å²) in [5.41, 5.74) is 2.80. The minimum Gasteiger partial charge on any atom is -0.508 e. The molecule has 0 aromatic heterocycles. The smallest absolute Gasteiger partial charge is 0.306 e. The molecule has 0 radical (unpaired) electrons. The first kappa shape index (κ1) is 33.3. The number of carbonyl (C=O) groups is 1. The van der Waals surface area contributed by atoms with E-state index in [1.54, 1.807) is 7.11 Å². The molecule has 2 unspecified atom stereocenters. The molecule has 2 N–H and O–H groups in total. The van der Waals surface area contributed by atoms with Gasteiger partial charge in [0, 0.05) is 13.0 Å². The molecule has 0 aliphatic heterocycles. The van der Waals surface area contributed by atoms with Crippen molar-refractivity contribution in [3.05, 3.63) is 29.3 Å². The Balaban J connectivity index is 1.23. The summed E-state index contributed by atoms with van der Waals surface area (Å²) in [6.07, 6.45) is 25.1. The number of carboxylic acids is 1. The van der Waals surface area contributed by atoms with E-state index < -0.39 is 5.97 Å². The third kappa shape index (κ3) is 8.13. The molecule has 0 spiro atoms. The first-order valence-electron chi connectivity index (χ1n) is 17.9. The highest BCUT2D eigenvalue weighted by molar-refractivity contribution is 5.70. The second-order valence-electron chi connectivity index (χ2n) is 14.6. The lowest BCUT2D eigenvalue weighted by molar-refractivity contribution is -0.147. The maximum atomic E-state index is 12.6. The van der Waals surface area contributed by atoms with E-state index in [4.69, 9.17) is 4.74 Å². The number of carboxylic acid groups (broad SMARTS) is 1. The molecule has 0 saturated heterocycles. The average molecular weight is 583 g/mol. The van der Waals surface area contributed by atoms with Gasteiger partial charge in [-0.25, -0.2) is 0 Å². The van der Waals surface area contributed by atoms with Crippen LogP contribution in [-0.4, -0.2) is 29.9 Å². The largest absolute Gasteiger partial charge is 0.508 e. The topological polar surface area (TPSA) is 66.8 Å². The zero-order valence-corrected chi connectivity index (χ0v) is 27.3. The molecule has 3 aliphatic carbocycles. The predicted molar refractivity (Wildman–Crippen MR) is 173 cm³/mol. The molecule has 7 atom stereocenters. The van der Waals surface area contributed by atoms with E-state index in [0.29, 0.717) is 41.9 Å². The molecular formula is C38H62O4. The molecule has 0 heterocycles. The fourth-order valence-electron chi connectivity index (χ4n) is 9.83. The van der Waals surface area contributed by atoms with Gasteiger partial charge in [-0.15, -0.1) is 0 Å². The maximum absolute atomic E-state index is 12.6. The van der Waals surface area contributed by atoms with E-state index in [2.05, 4.69) is 19.9 Å². The van der Waals surface area contributed by atoms with Crippen LogP contribution < -0.4 is 0 Å². The second-order valence-corrected chi connectivity index (χ2v) is 14.6. The van der Waals surface area contributed by atoms with Crippen molar-refractivity contribution in [2.75, 3.05) is 13.7 Å². The summed E-state index contributed by atoms with van der Waals surface area (Å²) in [4.78, 5) is 12.6. The van der Waals surface area contributed by atoms with E-state index in [1.165, 1.54) is 94.6 Å². The monoisotopic (exact) mass is 582 g/mol. The summed E-state index contributed by atoms with van der Waals surface area (Å²) in [6, 6.07) is 5.99. The van der Waals surface area contributed by atoms with Crippen molar-refractivity contribution in [2.45, 2.75) is 154 Å². The summed E-state index contributed by atoms with van der Waals surface area (Å²) in [5.74, 6) is 1.90. The minimum absolute atomic E-state index is 0.117. The molecule has 0 bridgehead atoms. The number of aliphatic carboxylic acids is 1. The van der Waals surface area contributed by atoms with Gasteiger partial charge >= 0.3 is 5.97 Å². The molecule has 42 heavy (non-hydrogen) atoms. The summed E-state index contributed by atoms with van der Waals surface area (Å²) in [5, 5.41) is 20.6. The van der Waals surface area contributed by atoms with Crippen LogP contribution in [0.3, 0.4) is 0 Å². The molecule has 3 aliphatic rings. The molecule has 4 nitrogen and oxygen atoms in total. The molecule has 1 aromatic carbocycles. The Labute approximate surface area is 257 Å². The highest BCUT2D eigenvalue weighted by Crippen LogP contribution is 2.65. The normalized spacial score (nSPS) is 29.1. The van der Waals surface area contributed by atoms with Crippen LogP contribution in [0.25, 0.3) is 0 Å². The molecule has 4 heteroatoms. The highest BCUT2D eigenvalue weighted by Gasteiger charge is 2.57. The van der Waals surface area contributed by atoms with Crippen molar-refractivity contribution < 1.29 is 19.7 Å². The summed E-state index contributed by atoms with van der Waals surface area (Å²) in [6.45, 7) is 5.41. The van der Waals surface area contributed by atoms with Crippen LogP contribution in [0, 0.1) is 29.1 Å². The fourth-order valence-corrected chi connectivity index (χ4v) is 9.83. The first-order valence-corrected chi connectivity index (χ1v) is 17.9. The number of rotatable bonds is 19. The number of hydrogen-bond donors (Lipinski definition) is 2. The van der Waals surface area contributed by atoms with Crippen LogP contribution in [0.2, 0.25) is 0 Å². The van der Waals surface area contributed by atoms with Crippen molar-refractivity contribution in [1.82, 2.24) is 0 Å². The van der Waals surface area contributed by atoms with Crippen molar-refractivity contribution in [1.29, 1.82) is 0 Å². The van der Waals surface area contributed by atoms with Crippen molar-refractivity contribution in [3.63, 3.8) is 0 Å². The third-order valence-electron chi connectivity index (χ3n) is 12.0. The molecule has 0 amide bonds. The van der Waals surface area contributed by atoms with Gasteiger partial charge in [0.2, 0.25) is 0 Å². The average Bonchev–Trinajstić information content (AvgIpc) is 3.32. The van der Waals surface area contributed by atoms with E-state index in [-0.39, 0.29) is 11.3 Å². The van der Waals surface area contributed by atoms with Gasteiger partial charge in [-0.3, -0.25) is 4.79 Å². The number of benzene rings is 1. The van der Waals surface area contributed by atoms with E-state index >= 15 is 0 Å². The Morgan fingerprint density at radius 1 is 0.905 bits per heavy atom. The van der Waals surface area contributed by atoms with Crippen LogP contribution >= 0.6 is 0 Å². The quantitative estimate of drug-likeness (QED) is 0.159. The highest BCUT2D eigenvalue weighted by atomic mass is 16.5. The zero-order valence-electron chi connectivity index (χ0n) is 27.3. The number of phenols is 1. The van der Waals surface area contributed by atoms with E-state index in [9.17, 15) is 15.0 Å². The van der Waals surface area contributed by atoms with Crippen LogP contribution in [-0.2, 0) is 9.53 Å². The van der Waals surface area contributed by atoms with Gasteiger partial charge in [0.1, 0.15) is 5.75 Å². The minimum atomic E-state index is -0.555. The number of fused-ring (bicyclic) bond motifs is 5. The molecule has 2 saturated carbocycles. The first-order chi connectivity index (χ1) is 20.4. The lowest BCUT2D eigenvalue weighted by Crippen LogP contribution is -2.45. The number of ether oxygens (including phenoxy) is 1. The van der Waals surface area contributed by atoms with Crippen molar-refractivity contribution in [3.8, 4) is 5.75 Å². The number of phenolic OH excluding ortho intramolecular Hbond substituents is 1. The molecule has 238 valence electrons. The summed E-state index contributed by atoms with van der Waals surface area (Å²) in [7, 11) is 1.78. The van der Waals surface area contributed by atoms with Gasteiger partial charge in [-0.05, 0) is 90.9 Å². The van der Waals surface area contributed by atoms with Crippen molar-refractivity contribution >= 4 is 5.97 Å². The zero-order chi connectivity index (χ0) is 30.0. The Kier molecular flexibility index (Phi) is 13.1. The molecular weight excluding hydrogens is 520 g/mol. The molecule has 2 fully saturated rings. The van der Waals surface area contributed by atoms with Crippen LogP contribution in [0.5, 0.6) is 5.75 Å². The summed E-state index contributed by atoms with van der Waals surface area (Å²) < 4.78 is 5.64. The molecule has 1 aromatic rings. The number of unbranched alkanes of at least 4 members (excludes halogenated alkanes) is 13. The SMILES string of the molecule is CCCCCCCCCCCCCCCCC(C(=O)O)C1CC[C@H]2[C@H]3C[C@@H](COC)c4cc(O)ccc4[C@H]3CC[C@]12C. The maximum Gasteiger partial charge on any atom is 0.306 e. The van der Waals surface area contributed by atoms with E-state index in [1.807, 2.05) is 12.1 Å². The fraction of sp³-hybridized carbons (Fsp3) is 0.816. The van der Waals surface area contributed by atoms with Crippen LogP contribution in [0.15, 0.2) is 18.2 Å². The Hall–Kier alpha value is -1.55. The van der Waals surface area contributed by atoms with Gasteiger partial charge in [0.15, 0.2) is 0 Å². The Morgan fingerprint density at radius 3 is 2.12 bits per heavy atom. The van der Waals surface area contributed by atoms with Gasteiger partial charge in [0.05, 0.1) is 12.5 Å².